The monoisotopic (exact) mass is 226 g/mol. The molecule has 1 aromatic carbocycles. The quantitative estimate of drug-likeness (QED) is 0.856. The Hall–Kier alpha value is -0.730. The second-order valence-electron chi connectivity index (χ2n) is 3.97. The molecule has 0 fully saturated rings. The van der Waals surface area contributed by atoms with Crippen LogP contribution in [0.2, 0.25) is 5.02 Å². The van der Waals surface area contributed by atoms with Gasteiger partial charge in [0.1, 0.15) is 0 Å². The molecule has 1 unspecified atom stereocenters. The number of anilines is 1. The maximum atomic E-state index is 5.99. The lowest BCUT2D eigenvalue weighted by atomic mass is 10.0. The molecular formula is C12H19ClN2. The predicted molar refractivity (Wildman–Crippen MR) is 67.7 cm³/mol. The van der Waals surface area contributed by atoms with E-state index in [-0.39, 0.29) is 6.04 Å². The Morgan fingerprint density at radius 3 is 2.67 bits per heavy atom. The summed E-state index contributed by atoms with van der Waals surface area (Å²) in [5.74, 6) is 0. The molecule has 2 N–H and O–H groups in total. The Kier molecular flexibility index (Phi) is 4.43. The van der Waals surface area contributed by atoms with Crippen LogP contribution in [-0.4, -0.2) is 19.6 Å². The van der Waals surface area contributed by atoms with Crippen molar-refractivity contribution in [2.24, 2.45) is 5.73 Å². The van der Waals surface area contributed by atoms with Crippen LogP contribution in [0.4, 0.5) is 5.69 Å². The summed E-state index contributed by atoms with van der Waals surface area (Å²) >= 11 is 5.99. The molecule has 0 aliphatic rings. The van der Waals surface area contributed by atoms with Gasteiger partial charge < -0.3 is 10.6 Å². The third-order valence-electron chi connectivity index (χ3n) is 2.47. The lowest BCUT2D eigenvalue weighted by Gasteiger charge is -2.21. The van der Waals surface area contributed by atoms with Gasteiger partial charge in [0.2, 0.25) is 0 Å². The maximum Gasteiger partial charge on any atom is 0.0410 e. The van der Waals surface area contributed by atoms with Crippen molar-refractivity contribution in [1.82, 2.24) is 0 Å². The molecule has 0 aliphatic carbocycles. The van der Waals surface area contributed by atoms with Crippen LogP contribution in [0.15, 0.2) is 18.2 Å². The first-order chi connectivity index (χ1) is 7.04. The van der Waals surface area contributed by atoms with Gasteiger partial charge in [-0.3, -0.25) is 0 Å². The summed E-state index contributed by atoms with van der Waals surface area (Å²) in [7, 11) is 2.08. The Morgan fingerprint density at radius 1 is 1.47 bits per heavy atom. The van der Waals surface area contributed by atoms with Crippen LogP contribution in [0.3, 0.4) is 0 Å². The molecule has 0 spiro atoms. The maximum absolute atomic E-state index is 5.99. The summed E-state index contributed by atoms with van der Waals surface area (Å²) < 4.78 is 0. The molecular weight excluding hydrogens is 208 g/mol. The molecule has 3 heteroatoms. The molecule has 84 valence electrons. The predicted octanol–water partition coefficient (Wildman–Crippen LogP) is 2.69. The second-order valence-corrected chi connectivity index (χ2v) is 4.41. The fraction of sp³-hybridized carbons (Fsp3) is 0.500. The van der Waals surface area contributed by atoms with Crippen molar-refractivity contribution in [3.63, 3.8) is 0 Å². The molecule has 0 saturated carbocycles. The van der Waals surface area contributed by atoms with Gasteiger partial charge >= 0.3 is 0 Å². The number of hydrogen-bond acceptors (Lipinski definition) is 2. The smallest absolute Gasteiger partial charge is 0.0410 e. The summed E-state index contributed by atoms with van der Waals surface area (Å²) in [5.41, 5.74) is 8.27. The topological polar surface area (TPSA) is 29.3 Å². The molecule has 1 rings (SSSR count). The van der Waals surface area contributed by atoms with Crippen molar-refractivity contribution in [2.45, 2.75) is 26.3 Å². The lowest BCUT2D eigenvalue weighted by molar-refractivity contribution is 0.735. The summed E-state index contributed by atoms with van der Waals surface area (Å²) in [6, 6.07) is 6.15. The molecule has 0 saturated heterocycles. The zero-order valence-electron chi connectivity index (χ0n) is 9.63. The molecule has 0 aromatic heterocycles. The summed E-state index contributed by atoms with van der Waals surface area (Å²) in [5, 5.41) is 0.777. The van der Waals surface area contributed by atoms with E-state index >= 15 is 0 Å². The molecule has 0 aliphatic heterocycles. The Balaban J connectivity index is 3.02. The van der Waals surface area contributed by atoms with E-state index in [0.29, 0.717) is 0 Å². The molecule has 1 aromatic rings. The normalized spacial score (nSPS) is 12.6. The van der Waals surface area contributed by atoms with Crippen molar-refractivity contribution in [1.29, 1.82) is 0 Å². The van der Waals surface area contributed by atoms with Crippen LogP contribution in [0.5, 0.6) is 0 Å². The Morgan fingerprint density at radius 2 is 2.13 bits per heavy atom. The van der Waals surface area contributed by atoms with E-state index < -0.39 is 0 Å². The molecule has 0 radical (unpaired) electrons. The first kappa shape index (κ1) is 12.3. The molecule has 2 nitrogen and oxygen atoms in total. The summed E-state index contributed by atoms with van der Waals surface area (Å²) in [4.78, 5) is 2.20. The Labute approximate surface area is 97.0 Å². The van der Waals surface area contributed by atoms with Gasteiger partial charge in [0.25, 0.3) is 0 Å². The highest BCUT2D eigenvalue weighted by molar-refractivity contribution is 6.30. The number of halogens is 1. The van der Waals surface area contributed by atoms with Gasteiger partial charge in [-0.15, -0.1) is 0 Å². The van der Waals surface area contributed by atoms with Crippen molar-refractivity contribution in [3.8, 4) is 0 Å². The number of nitrogens with two attached hydrogens (primary N) is 1. The standard InChI is InChI=1S/C12H19ClN2/c1-4-15(3)12-6-5-11(13)8-10(12)7-9(2)14/h5-6,8-9H,4,7,14H2,1-3H3. The molecule has 0 bridgehead atoms. The molecule has 0 heterocycles. The second kappa shape index (κ2) is 5.38. The summed E-state index contributed by atoms with van der Waals surface area (Å²) in [6.45, 7) is 5.12. The van der Waals surface area contributed by atoms with Crippen molar-refractivity contribution in [3.05, 3.63) is 28.8 Å². The zero-order valence-corrected chi connectivity index (χ0v) is 10.4. The minimum absolute atomic E-state index is 0.160. The van der Waals surface area contributed by atoms with Gasteiger partial charge in [0.05, 0.1) is 0 Å². The average molecular weight is 227 g/mol. The highest BCUT2D eigenvalue weighted by Gasteiger charge is 2.08. The number of hydrogen-bond donors (Lipinski definition) is 1. The van der Waals surface area contributed by atoms with Gasteiger partial charge in [-0.2, -0.15) is 0 Å². The van der Waals surface area contributed by atoms with Gasteiger partial charge in [-0.05, 0) is 44.0 Å². The van der Waals surface area contributed by atoms with Gasteiger partial charge in [0, 0.05) is 30.3 Å². The van der Waals surface area contributed by atoms with Crippen LogP contribution in [0, 0.1) is 0 Å². The van der Waals surface area contributed by atoms with E-state index in [2.05, 4.69) is 24.9 Å². The molecule has 1 atom stereocenters. The van der Waals surface area contributed by atoms with Crippen LogP contribution in [-0.2, 0) is 6.42 Å². The van der Waals surface area contributed by atoms with Crippen LogP contribution < -0.4 is 10.6 Å². The molecule has 0 amide bonds. The highest BCUT2D eigenvalue weighted by Crippen LogP contribution is 2.24. The van der Waals surface area contributed by atoms with Gasteiger partial charge in [-0.1, -0.05) is 11.6 Å². The summed E-state index contributed by atoms with van der Waals surface area (Å²) in [6.07, 6.45) is 0.861. The van der Waals surface area contributed by atoms with Crippen molar-refractivity contribution in [2.75, 3.05) is 18.5 Å². The third kappa shape index (κ3) is 3.40. The number of benzene rings is 1. The first-order valence-corrected chi connectivity index (χ1v) is 5.67. The van der Waals surface area contributed by atoms with E-state index in [1.54, 1.807) is 0 Å². The SMILES string of the molecule is CCN(C)c1ccc(Cl)cc1CC(C)N. The van der Waals surface area contributed by atoms with E-state index in [1.165, 1.54) is 11.3 Å². The third-order valence-corrected chi connectivity index (χ3v) is 2.70. The fourth-order valence-electron chi connectivity index (χ4n) is 1.61. The number of nitrogens with zero attached hydrogens (tertiary/aromatic N) is 1. The highest BCUT2D eigenvalue weighted by atomic mass is 35.5. The van der Waals surface area contributed by atoms with Crippen molar-refractivity contribution >= 4 is 17.3 Å². The van der Waals surface area contributed by atoms with E-state index in [0.717, 1.165) is 18.0 Å². The number of rotatable bonds is 4. The van der Waals surface area contributed by atoms with Crippen LogP contribution in [0.25, 0.3) is 0 Å². The molecule has 15 heavy (non-hydrogen) atoms. The minimum Gasteiger partial charge on any atom is -0.375 e. The Bertz CT molecular complexity index is 323. The van der Waals surface area contributed by atoms with Crippen molar-refractivity contribution < 1.29 is 0 Å². The minimum atomic E-state index is 0.160. The zero-order chi connectivity index (χ0) is 11.4. The van der Waals surface area contributed by atoms with Crippen LogP contribution in [0.1, 0.15) is 19.4 Å². The first-order valence-electron chi connectivity index (χ1n) is 5.29. The van der Waals surface area contributed by atoms with E-state index in [4.69, 9.17) is 17.3 Å². The largest absolute Gasteiger partial charge is 0.375 e. The average Bonchev–Trinajstić information content (AvgIpc) is 2.16. The van der Waals surface area contributed by atoms with Crippen LogP contribution >= 0.6 is 11.6 Å². The lowest BCUT2D eigenvalue weighted by Crippen LogP contribution is -2.22. The fourth-order valence-corrected chi connectivity index (χ4v) is 1.80. The van der Waals surface area contributed by atoms with E-state index in [1.807, 2.05) is 19.1 Å². The van der Waals surface area contributed by atoms with Gasteiger partial charge in [-0.25, -0.2) is 0 Å². The van der Waals surface area contributed by atoms with E-state index in [9.17, 15) is 0 Å². The van der Waals surface area contributed by atoms with Gasteiger partial charge in [0.15, 0.2) is 0 Å².